The topological polar surface area (TPSA) is 28.0 Å². The lowest BCUT2D eigenvalue weighted by atomic mass is 9.91. The normalized spacial score (nSPS) is 30.5. The highest BCUT2D eigenvalue weighted by Gasteiger charge is 2.64. The minimum absolute atomic E-state index is 0.138. The molecule has 4 rings (SSSR count). The summed E-state index contributed by atoms with van der Waals surface area (Å²) in [5.74, 6) is -0.0341. The molecule has 0 saturated heterocycles. The maximum Gasteiger partial charge on any atom is 0.125 e. The van der Waals surface area contributed by atoms with Crippen LogP contribution in [0, 0.1) is 11.7 Å². The Labute approximate surface area is 148 Å². The van der Waals surface area contributed by atoms with E-state index in [4.69, 9.17) is 4.99 Å². The van der Waals surface area contributed by atoms with E-state index in [1.807, 2.05) is 26.4 Å². The molecular weight excluding hydrogens is 313 g/mol. The van der Waals surface area contributed by atoms with Gasteiger partial charge in [0.2, 0.25) is 0 Å². The summed E-state index contributed by atoms with van der Waals surface area (Å²) >= 11 is 0. The van der Waals surface area contributed by atoms with Crippen LogP contribution in [0.4, 0.5) is 10.1 Å². The van der Waals surface area contributed by atoms with Gasteiger partial charge in [0, 0.05) is 36.0 Å². The molecule has 0 radical (unpaired) electrons. The predicted octanol–water partition coefficient (Wildman–Crippen LogP) is 4.20. The fraction of sp³-hybridized carbons (Fsp3) is 0.333. The summed E-state index contributed by atoms with van der Waals surface area (Å²) in [6, 6.07) is 4.91. The van der Waals surface area contributed by atoms with E-state index in [2.05, 4.69) is 35.5 Å². The Morgan fingerprint density at radius 3 is 2.88 bits per heavy atom. The maximum absolute atomic E-state index is 13.5. The molecule has 4 heteroatoms. The molecule has 0 bridgehead atoms. The van der Waals surface area contributed by atoms with Crippen LogP contribution in [-0.4, -0.2) is 37.0 Å². The predicted molar refractivity (Wildman–Crippen MR) is 101 cm³/mol. The summed E-state index contributed by atoms with van der Waals surface area (Å²) in [5, 5.41) is 0. The molecule has 2 heterocycles. The number of fused-ring (bicyclic) bond motifs is 3. The van der Waals surface area contributed by atoms with Crippen molar-refractivity contribution in [3.63, 3.8) is 0 Å². The van der Waals surface area contributed by atoms with Gasteiger partial charge in [0.1, 0.15) is 5.82 Å². The van der Waals surface area contributed by atoms with E-state index < -0.39 is 0 Å². The number of nitrogens with zero attached hydrogens (tertiary/aromatic N) is 3. The van der Waals surface area contributed by atoms with E-state index in [9.17, 15) is 4.39 Å². The van der Waals surface area contributed by atoms with Crippen molar-refractivity contribution < 1.29 is 4.39 Å². The molecule has 2 aliphatic heterocycles. The highest BCUT2D eigenvalue weighted by Crippen LogP contribution is 2.60. The van der Waals surface area contributed by atoms with E-state index in [-0.39, 0.29) is 17.2 Å². The Balaban J connectivity index is 1.67. The fourth-order valence-corrected chi connectivity index (χ4v) is 3.96. The molecule has 1 aliphatic carbocycles. The number of likely N-dealkylation sites (N-methyl/N-ethyl adjacent to an activating group) is 1. The standard InChI is InChI=1S/C21H22FN3/c1-13-5-6-14(12-25(3)4)11-23-18(9-13)19-20-21(19,2)16-8-7-15(22)10-17(16)24-20/h5-8,10-11,19H,1,9,12H2,2-4H3/b6-5-,14-11+,23-18?. The summed E-state index contributed by atoms with van der Waals surface area (Å²) in [6.45, 7) is 7.19. The van der Waals surface area contributed by atoms with Crippen LogP contribution in [0.3, 0.4) is 0 Å². The lowest BCUT2D eigenvalue weighted by Gasteiger charge is -2.15. The van der Waals surface area contributed by atoms with Crippen LogP contribution in [-0.2, 0) is 5.41 Å². The number of halogens is 1. The Bertz CT molecular complexity index is 888. The molecule has 0 aromatic heterocycles. The van der Waals surface area contributed by atoms with Gasteiger partial charge in [-0.2, -0.15) is 0 Å². The van der Waals surface area contributed by atoms with Crippen molar-refractivity contribution in [2.24, 2.45) is 15.9 Å². The Morgan fingerprint density at radius 1 is 1.32 bits per heavy atom. The van der Waals surface area contributed by atoms with Crippen molar-refractivity contribution in [2.45, 2.75) is 18.8 Å². The average Bonchev–Trinajstić information content (AvgIpc) is 2.99. The molecular formula is C21H22FN3. The molecule has 3 nitrogen and oxygen atoms in total. The molecule has 25 heavy (non-hydrogen) atoms. The molecule has 0 N–H and O–H groups in total. The molecule has 128 valence electrons. The van der Waals surface area contributed by atoms with E-state index in [1.165, 1.54) is 12.1 Å². The highest BCUT2D eigenvalue weighted by atomic mass is 19.1. The molecule has 3 aliphatic rings. The van der Waals surface area contributed by atoms with Gasteiger partial charge in [-0.05, 0) is 49.9 Å². The second-order valence-electron chi connectivity index (χ2n) is 7.52. The van der Waals surface area contributed by atoms with E-state index in [0.717, 1.165) is 46.8 Å². The number of allylic oxidation sites excluding steroid dienone is 2. The first-order chi connectivity index (χ1) is 11.9. The van der Waals surface area contributed by atoms with Crippen LogP contribution in [0.25, 0.3) is 0 Å². The largest absolute Gasteiger partial charge is 0.305 e. The fourth-order valence-electron chi connectivity index (χ4n) is 3.96. The second kappa shape index (κ2) is 5.60. The van der Waals surface area contributed by atoms with Gasteiger partial charge in [-0.3, -0.25) is 9.98 Å². The molecule has 0 amide bonds. The minimum atomic E-state index is -0.234. The summed E-state index contributed by atoms with van der Waals surface area (Å²) in [6.07, 6.45) is 6.88. The first-order valence-corrected chi connectivity index (χ1v) is 8.55. The molecule has 1 aromatic rings. The third-order valence-corrected chi connectivity index (χ3v) is 5.23. The quantitative estimate of drug-likeness (QED) is 0.813. The van der Waals surface area contributed by atoms with E-state index in [1.54, 1.807) is 0 Å². The van der Waals surface area contributed by atoms with Crippen molar-refractivity contribution >= 4 is 17.1 Å². The Hall–Kier alpha value is -2.33. The Morgan fingerprint density at radius 2 is 2.12 bits per heavy atom. The van der Waals surface area contributed by atoms with Gasteiger partial charge in [-0.1, -0.05) is 24.8 Å². The first kappa shape index (κ1) is 16.2. The summed E-state index contributed by atoms with van der Waals surface area (Å²) in [5.41, 5.74) is 6.15. The molecule has 2 atom stereocenters. The van der Waals surface area contributed by atoms with Crippen molar-refractivity contribution in [3.8, 4) is 0 Å². The molecule has 1 aromatic carbocycles. The second-order valence-corrected chi connectivity index (χ2v) is 7.52. The van der Waals surface area contributed by atoms with Crippen molar-refractivity contribution in [1.29, 1.82) is 0 Å². The van der Waals surface area contributed by atoms with Crippen LogP contribution in [0.15, 0.2) is 64.3 Å². The van der Waals surface area contributed by atoms with Crippen LogP contribution in [0.2, 0.25) is 0 Å². The maximum atomic E-state index is 13.5. The first-order valence-electron chi connectivity index (χ1n) is 8.55. The number of benzene rings is 1. The number of rotatable bonds is 3. The smallest absolute Gasteiger partial charge is 0.125 e. The summed E-state index contributed by atoms with van der Waals surface area (Å²) < 4.78 is 13.5. The van der Waals surface area contributed by atoms with Gasteiger partial charge in [0.15, 0.2) is 0 Å². The minimum Gasteiger partial charge on any atom is -0.305 e. The molecule has 1 fully saturated rings. The lowest BCUT2D eigenvalue weighted by Crippen LogP contribution is -2.16. The SMILES string of the molecule is C=C1/C=C\C(CN(C)C)=C/N=C(C2C3=Nc4cc(F)ccc4C32C)C1. The third-order valence-electron chi connectivity index (χ3n) is 5.23. The number of aliphatic imine (C=N–C) groups is 2. The zero-order valence-electron chi connectivity index (χ0n) is 14.9. The van der Waals surface area contributed by atoms with Crippen molar-refractivity contribution in [3.05, 3.63) is 65.7 Å². The average molecular weight is 335 g/mol. The van der Waals surface area contributed by atoms with Crippen LogP contribution in [0.1, 0.15) is 18.9 Å². The summed E-state index contributed by atoms with van der Waals surface area (Å²) in [4.78, 5) is 11.6. The van der Waals surface area contributed by atoms with Gasteiger partial charge in [-0.25, -0.2) is 4.39 Å². The van der Waals surface area contributed by atoms with Gasteiger partial charge >= 0.3 is 0 Å². The van der Waals surface area contributed by atoms with E-state index in [0.29, 0.717) is 0 Å². The van der Waals surface area contributed by atoms with Crippen LogP contribution < -0.4 is 0 Å². The summed E-state index contributed by atoms with van der Waals surface area (Å²) in [7, 11) is 4.09. The van der Waals surface area contributed by atoms with Crippen molar-refractivity contribution in [2.75, 3.05) is 20.6 Å². The van der Waals surface area contributed by atoms with Crippen LogP contribution >= 0.6 is 0 Å². The van der Waals surface area contributed by atoms with Crippen molar-refractivity contribution in [1.82, 2.24) is 4.90 Å². The lowest BCUT2D eigenvalue weighted by molar-refractivity contribution is 0.448. The molecule has 2 unspecified atom stereocenters. The number of hydrogen-bond donors (Lipinski definition) is 0. The molecule has 1 saturated carbocycles. The van der Waals surface area contributed by atoms with Gasteiger partial charge in [0.05, 0.1) is 11.6 Å². The zero-order valence-corrected chi connectivity index (χ0v) is 14.9. The Kier molecular flexibility index (Phi) is 3.62. The van der Waals surface area contributed by atoms with Gasteiger partial charge in [-0.15, -0.1) is 0 Å². The zero-order chi connectivity index (χ0) is 17.8. The van der Waals surface area contributed by atoms with Crippen LogP contribution in [0.5, 0.6) is 0 Å². The van der Waals surface area contributed by atoms with E-state index >= 15 is 0 Å². The highest BCUT2D eigenvalue weighted by molar-refractivity contribution is 6.30. The number of hydrogen-bond acceptors (Lipinski definition) is 3. The van der Waals surface area contributed by atoms with Gasteiger partial charge < -0.3 is 4.90 Å². The van der Waals surface area contributed by atoms with Gasteiger partial charge in [0.25, 0.3) is 0 Å². The molecule has 0 spiro atoms. The monoisotopic (exact) mass is 335 g/mol. The third kappa shape index (κ3) is 2.61.